The van der Waals surface area contributed by atoms with Crippen molar-refractivity contribution < 1.29 is 9.52 Å². The topological polar surface area (TPSA) is 33.4 Å². The van der Waals surface area contributed by atoms with Gasteiger partial charge in [-0.2, -0.15) is 0 Å². The number of furan rings is 1. The Morgan fingerprint density at radius 3 is 2.21 bits per heavy atom. The van der Waals surface area contributed by atoms with Crippen LogP contribution in [0.1, 0.15) is 58.1 Å². The van der Waals surface area contributed by atoms with Crippen LogP contribution >= 0.6 is 11.8 Å². The molecule has 3 aromatic carbocycles. The number of thioether (sulfide) groups is 1. The largest absolute Gasteiger partial charge is 0.507 e. The van der Waals surface area contributed by atoms with Crippen molar-refractivity contribution in [3.8, 4) is 28.2 Å². The maximum atomic E-state index is 11.4. The highest BCUT2D eigenvalue weighted by atomic mass is 32.2. The smallest absolute Gasteiger partial charge is 0.134 e. The molecule has 0 saturated heterocycles. The molecule has 0 amide bonds. The molecule has 2 aliphatic carbocycles. The second kappa shape index (κ2) is 7.18. The molecule has 0 aliphatic heterocycles. The van der Waals surface area contributed by atoms with Crippen LogP contribution in [-0.2, 0) is 5.41 Å². The first-order chi connectivity index (χ1) is 16.1. The van der Waals surface area contributed by atoms with E-state index in [0.717, 1.165) is 39.8 Å². The van der Waals surface area contributed by atoms with Crippen LogP contribution in [0.3, 0.4) is 0 Å². The van der Waals surface area contributed by atoms with Crippen molar-refractivity contribution in [3.63, 3.8) is 0 Å². The lowest BCUT2D eigenvalue weighted by molar-refractivity contribution is 0.0645. The molecular weight excluding hydrogens is 436 g/mol. The Hall–Kier alpha value is -2.65. The minimum Gasteiger partial charge on any atom is -0.507 e. The number of phenolic OH excluding ortho intramolecular Hbond substituents is 1. The van der Waals surface area contributed by atoms with Gasteiger partial charge < -0.3 is 9.52 Å². The highest BCUT2D eigenvalue weighted by Crippen LogP contribution is 2.64. The molecule has 4 aromatic rings. The number of hydrogen-bond acceptors (Lipinski definition) is 3. The molecule has 34 heavy (non-hydrogen) atoms. The summed E-state index contributed by atoms with van der Waals surface area (Å²) >= 11 is 1.73. The summed E-state index contributed by atoms with van der Waals surface area (Å²) < 4.78 is 5.74. The Balaban J connectivity index is 1.70. The fraction of sp³-hybridized carbons (Fsp3) is 0.355. The summed E-state index contributed by atoms with van der Waals surface area (Å²) in [6.07, 6.45) is 7.22. The lowest BCUT2D eigenvalue weighted by atomic mass is 9.52. The number of rotatable bonds is 2. The van der Waals surface area contributed by atoms with Crippen molar-refractivity contribution in [2.24, 2.45) is 10.8 Å². The first-order valence-corrected chi connectivity index (χ1v) is 13.4. The van der Waals surface area contributed by atoms with Crippen LogP contribution in [0.4, 0.5) is 0 Å². The summed E-state index contributed by atoms with van der Waals surface area (Å²) in [6.45, 7) is 9.66. The van der Waals surface area contributed by atoms with Crippen LogP contribution < -0.4 is 0 Å². The van der Waals surface area contributed by atoms with Gasteiger partial charge in [0.25, 0.3) is 0 Å². The molecule has 174 valence electrons. The Morgan fingerprint density at radius 2 is 1.53 bits per heavy atom. The average Bonchev–Trinajstić information content (AvgIpc) is 3.38. The van der Waals surface area contributed by atoms with Gasteiger partial charge in [-0.3, -0.25) is 0 Å². The van der Waals surface area contributed by atoms with E-state index in [9.17, 15) is 5.11 Å². The molecule has 1 saturated carbocycles. The van der Waals surface area contributed by atoms with Gasteiger partial charge in [-0.15, -0.1) is 11.8 Å². The second-order valence-corrected chi connectivity index (χ2v) is 12.7. The first kappa shape index (κ1) is 21.9. The monoisotopic (exact) mass is 468 g/mol. The van der Waals surface area contributed by atoms with Crippen LogP contribution in [0.5, 0.6) is 5.75 Å². The summed E-state index contributed by atoms with van der Waals surface area (Å²) in [5, 5.41) is 13.5. The van der Waals surface area contributed by atoms with E-state index in [2.05, 4.69) is 76.4 Å². The molecule has 6 rings (SSSR count). The van der Waals surface area contributed by atoms with E-state index in [4.69, 9.17) is 4.42 Å². The van der Waals surface area contributed by atoms with Gasteiger partial charge in [-0.25, -0.2) is 0 Å². The van der Waals surface area contributed by atoms with Crippen LogP contribution in [-0.4, -0.2) is 11.4 Å². The maximum absolute atomic E-state index is 11.4. The first-order valence-electron chi connectivity index (χ1n) is 12.2. The second-order valence-electron chi connectivity index (χ2n) is 11.9. The zero-order valence-electron chi connectivity index (χ0n) is 20.7. The van der Waals surface area contributed by atoms with Gasteiger partial charge in [0.05, 0.1) is 6.26 Å². The van der Waals surface area contributed by atoms with E-state index in [1.165, 1.54) is 28.7 Å². The quantitative estimate of drug-likeness (QED) is 0.298. The molecule has 0 bridgehead atoms. The molecule has 0 atom stereocenters. The maximum Gasteiger partial charge on any atom is 0.134 e. The molecule has 2 aliphatic rings. The molecule has 1 aromatic heterocycles. The highest BCUT2D eigenvalue weighted by Gasteiger charge is 2.53. The summed E-state index contributed by atoms with van der Waals surface area (Å²) in [6, 6.07) is 19.3. The third-order valence-electron chi connectivity index (χ3n) is 7.97. The fourth-order valence-corrected chi connectivity index (χ4v) is 8.27. The molecule has 1 heterocycles. The van der Waals surface area contributed by atoms with Crippen molar-refractivity contribution in [1.82, 2.24) is 0 Å². The van der Waals surface area contributed by atoms with Crippen molar-refractivity contribution in [1.29, 1.82) is 0 Å². The lowest BCUT2D eigenvalue weighted by Crippen LogP contribution is -2.43. The number of phenols is 1. The van der Waals surface area contributed by atoms with Crippen LogP contribution in [0.15, 0.2) is 70.2 Å². The van der Waals surface area contributed by atoms with Crippen molar-refractivity contribution in [2.45, 2.75) is 57.3 Å². The number of hydrogen-bond donors (Lipinski definition) is 1. The summed E-state index contributed by atoms with van der Waals surface area (Å²) in [7, 11) is 0. The lowest BCUT2D eigenvalue weighted by Gasteiger charge is -2.51. The van der Waals surface area contributed by atoms with E-state index in [1.807, 2.05) is 12.1 Å². The zero-order chi connectivity index (χ0) is 23.9. The predicted octanol–water partition coefficient (Wildman–Crippen LogP) is 9.03. The van der Waals surface area contributed by atoms with Gasteiger partial charge in [-0.05, 0) is 94.3 Å². The summed E-state index contributed by atoms with van der Waals surface area (Å²) in [5.41, 5.74) is 6.75. The normalized spacial score (nSPS) is 19.3. The van der Waals surface area contributed by atoms with Gasteiger partial charge in [0.15, 0.2) is 0 Å². The SMILES string of the molecule is CSc1cc2c3c(cc(O)c2cc1-c1ccco1)C1(CC(C)(C)CC(C)(C)C1)c1ccccc1-3. The van der Waals surface area contributed by atoms with Gasteiger partial charge in [0.1, 0.15) is 11.5 Å². The molecule has 1 N–H and O–H groups in total. The molecule has 3 heteroatoms. The standard InChI is InChI=1S/C31H32O2S/c1-29(2)16-30(3,4)18-31(17-29)23-10-7-6-9-19(23)28-21-14-27(34-5)22(26-11-8-12-33-26)13-20(21)25(32)15-24(28)31/h6-15,32H,16-18H2,1-5H3. The number of fused-ring (bicyclic) bond motifs is 7. The third kappa shape index (κ3) is 3.09. The van der Waals surface area contributed by atoms with Crippen LogP contribution in [0.25, 0.3) is 33.2 Å². The van der Waals surface area contributed by atoms with Crippen molar-refractivity contribution in [2.75, 3.05) is 6.26 Å². The summed E-state index contributed by atoms with van der Waals surface area (Å²) in [4.78, 5) is 1.16. The van der Waals surface area contributed by atoms with E-state index < -0.39 is 0 Å². The van der Waals surface area contributed by atoms with E-state index in [-0.39, 0.29) is 16.2 Å². The van der Waals surface area contributed by atoms with Crippen molar-refractivity contribution in [3.05, 3.63) is 72.0 Å². The van der Waals surface area contributed by atoms with Crippen LogP contribution in [0.2, 0.25) is 0 Å². The van der Waals surface area contributed by atoms with Crippen molar-refractivity contribution >= 4 is 22.5 Å². The minimum atomic E-state index is -0.0813. The van der Waals surface area contributed by atoms with Gasteiger partial charge >= 0.3 is 0 Å². The number of aromatic hydroxyl groups is 1. The molecule has 0 unspecified atom stereocenters. The van der Waals surface area contributed by atoms with Gasteiger partial charge in [0.2, 0.25) is 0 Å². The predicted molar refractivity (Wildman–Crippen MR) is 143 cm³/mol. The molecule has 1 spiro atoms. The van der Waals surface area contributed by atoms with E-state index >= 15 is 0 Å². The minimum absolute atomic E-state index is 0.0813. The summed E-state index contributed by atoms with van der Waals surface area (Å²) in [5.74, 6) is 1.20. The van der Waals surface area contributed by atoms with Gasteiger partial charge in [-0.1, -0.05) is 52.0 Å². The number of benzene rings is 3. The zero-order valence-corrected chi connectivity index (χ0v) is 21.5. The molecule has 2 nitrogen and oxygen atoms in total. The molecular formula is C31H32O2S. The Labute approximate surface area is 206 Å². The Morgan fingerprint density at radius 1 is 0.794 bits per heavy atom. The highest BCUT2D eigenvalue weighted by molar-refractivity contribution is 7.98. The third-order valence-corrected chi connectivity index (χ3v) is 8.74. The molecule has 0 radical (unpaired) electrons. The van der Waals surface area contributed by atoms with E-state index in [0.29, 0.717) is 5.75 Å². The average molecular weight is 469 g/mol. The molecule has 1 fully saturated rings. The fourth-order valence-electron chi connectivity index (χ4n) is 7.65. The van der Waals surface area contributed by atoms with Crippen LogP contribution in [0, 0.1) is 10.8 Å². The Bertz CT molecular complexity index is 1410. The Kier molecular flexibility index (Phi) is 4.61. The van der Waals surface area contributed by atoms with E-state index in [1.54, 1.807) is 18.0 Å². The van der Waals surface area contributed by atoms with Gasteiger partial charge in [0, 0.05) is 21.3 Å².